The molecule has 1 amide bonds. The minimum absolute atomic E-state index is 0.0857. The fraction of sp³-hybridized carbons (Fsp3) is 0.450. The minimum atomic E-state index is -0.439. The van der Waals surface area contributed by atoms with E-state index in [-0.39, 0.29) is 17.9 Å². The zero-order valence-electron chi connectivity index (χ0n) is 15.4. The molecule has 1 atom stereocenters. The Hall–Kier alpha value is -2.67. The van der Waals surface area contributed by atoms with Gasteiger partial charge in [-0.05, 0) is 31.4 Å². The Morgan fingerprint density at radius 1 is 1.15 bits per heavy atom. The fourth-order valence-electron chi connectivity index (χ4n) is 3.62. The number of rotatable bonds is 7. The van der Waals surface area contributed by atoms with Crippen LogP contribution in [0.3, 0.4) is 0 Å². The van der Waals surface area contributed by atoms with Crippen molar-refractivity contribution in [3.8, 4) is 0 Å². The molecule has 7 nitrogen and oxygen atoms in total. The number of amides is 1. The normalized spacial score (nSPS) is 17.6. The molecule has 3 N–H and O–H groups in total. The Kier molecular flexibility index (Phi) is 6.59. The summed E-state index contributed by atoms with van der Waals surface area (Å²) in [4.78, 5) is 37.5. The Bertz CT molecular complexity index is 859. The van der Waals surface area contributed by atoms with E-state index in [9.17, 15) is 14.4 Å². The van der Waals surface area contributed by atoms with Crippen molar-refractivity contribution < 1.29 is 4.79 Å². The third-order valence-corrected chi connectivity index (χ3v) is 5.02. The number of H-pyrrole nitrogens is 2. The molecule has 2 aromatic rings. The highest BCUT2D eigenvalue weighted by molar-refractivity contribution is 5.78. The maximum absolute atomic E-state index is 12.1. The highest BCUT2D eigenvalue weighted by atomic mass is 16.2. The van der Waals surface area contributed by atoms with E-state index in [1.54, 1.807) is 0 Å². The average molecular weight is 370 g/mol. The predicted molar refractivity (Wildman–Crippen MR) is 104 cm³/mol. The number of likely N-dealkylation sites (tertiary alicyclic amines) is 1. The topological polar surface area (TPSA) is 98.1 Å². The van der Waals surface area contributed by atoms with Gasteiger partial charge in [0.1, 0.15) is 0 Å². The molecule has 2 heterocycles. The molecule has 1 aliphatic heterocycles. The third-order valence-electron chi connectivity index (χ3n) is 5.02. The van der Waals surface area contributed by atoms with Crippen molar-refractivity contribution in [2.75, 3.05) is 13.1 Å². The van der Waals surface area contributed by atoms with Crippen LogP contribution in [0.25, 0.3) is 0 Å². The number of aromatic amines is 2. The predicted octanol–water partition coefficient (Wildman–Crippen LogP) is 1.17. The van der Waals surface area contributed by atoms with Gasteiger partial charge in [0.25, 0.3) is 11.1 Å². The van der Waals surface area contributed by atoms with Gasteiger partial charge in [-0.25, -0.2) is 0 Å². The standard InChI is InChI=1S/C20H26N4O3/c25-18(12-16-13-19(26)22-23-20(16)27)21-10-9-17-8-4-5-11-24(17)14-15-6-2-1-3-7-15/h1-3,6-7,13,17H,4-5,8-12,14H2,(H,21,25)(H,22,26)(H,23,27)/t17-/m1/s1. The molecular weight excluding hydrogens is 344 g/mol. The van der Waals surface area contributed by atoms with Crippen molar-refractivity contribution in [3.63, 3.8) is 0 Å². The zero-order chi connectivity index (χ0) is 19.1. The first-order chi connectivity index (χ1) is 13.1. The molecule has 1 aromatic heterocycles. The number of benzene rings is 1. The molecule has 1 aliphatic rings. The lowest BCUT2D eigenvalue weighted by atomic mass is 9.98. The second kappa shape index (κ2) is 9.32. The van der Waals surface area contributed by atoms with Gasteiger partial charge < -0.3 is 5.32 Å². The number of nitrogens with one attached hydrogen (secondary N) is 3. The molecule has 0 bridgehead atoms. The molecule has 3 rings (SSSR count). The van der Waals surface area contributed by atoms with Crippen LogP contribution in [-0.2, 0) is 17.8 Å². The van der Waals surface area contributed by atoms with Crippen LogP contribution < -0.4 is 16.4 Å². The maximum atomic E-state index is 12.1. The van der Waals surface area contributed by atoms with E-state index in [1.807, 2.05) is 6.07 Å². The highest BCUT2D eigenvalue weighted by Crippen LogP contribution is 2.21. The van der Waals surface area contributed by atoms with Crippen molar-refractivity contribution >= 4 is 5.91 Å². The summed E-state index contributed by atoms with van der Waals surface area (Å²) in [6.45, 7) is 2.58. The number of nitrogens with zero attached hydrogens (tertiary/aromatic N) is 1. The summed E-state index contributed by atoms with van der Waals surface area (Å²) < 4.78 is 0. The van der Waals surface area contributed by atoms with Gasteiger partial charge in [-0.3, -0.25) is 29.5 Å². The number of hydrogen-bond acceptors (Lipinski definition) is 4. The molecular formula is C20H26N4O3. The SMILES string of the molecule is O=C(Cc1cc(=O)[nH][nH]c1=O)NCC[C@H]1CCCCN1Cc1ccccc1. The fourth-order valence-corrected chi connectivity index (χ4v) is 3.62. The first-order valence-corrected chi connectivity index (χ1v) is 9.47. The summed E-state index contributed by atoms with van der Waals surface area (Å²) in [5.74, 6) is -0.239. The molecule has 0 spiro atoms. The van der Waals surface area contributed by atoms with Crippen molar-refractivity contribution in [1.82, 2.24) is 20.4 Å². The molecule has 1 saturated heterocycles. The maximum Gasteiger partial charge on any atom is 0.266 e. The smallest absolute Gasteiger partial charge is 0.266 e. The van der Waals surface area contributed by atoms with Crippen LogP contribution in [-0.4, -0.2) is 40.1 Å². The monoisotopic (exact) mass is 370 g/mol. The Morgan fingerprint density at radius 2 is 1.96 bits per heavy atom. The van der Waals surface area contributed by atoms with E-state index in [1.165, 1.54) is 24.5 Å². The number of aromatic nitrogens is 2. The lowest BCUT2D eigenvalue weighted by Crippen LogP contribution is -2.41. The third kappa shape index (κ3) is 5.65. The van der Waals surface area contributed by atoms with E-state index in [4.69, 9.17) is 0 Å². The zero-order valence-corrected chi connectivity index (χ0v) is 15.4. The lowest BCUT2D eigenvalue weighted by molar-refractivity contribution is -0.120. The second-order valence-electron chi connectivity index (χ2n) is 7.03. The second-order valence-corrected chi connectivity index (χ2v) is 7.03. The number of hydrogen-bond donors (Lipinski definition) is 3. The van der Waals surface area contributed by atoms with Gasteiger partial charge in [-0.2, -0.15) is 0 Å². The van der Waals surface area contributed by atoms with Crippen LogP contribution in [0.15, 0.2) is 46.0 Å². The van der Waals surface area contributed by atoms with E-state index in [0.717, 1.165) is 25.9 Å². The molecule has 0 aliphatic carbocycles. The Balaban J connectivity index is 1.49. The van der Waals surface area contributed by atoms with Gasteiger partial charge in [-0.15, -0.1) is 0 Å². The van der Waals surface area contributed by atoms with Crippen LogP contribution in [0.1, 0.15) is 36.8 Å². The molecule has 0 unspecified atom stereocenters. The quantitative estimate of drug-likeness (QED) is 0.681. The number of piperidine rings is 1. The van der Waals surface area contributed by atoms with Gasteiger partial charge in [0, 0.05) is 30.8 Å². The largest absolute Gasteiger partial charge is 0.356 e. The average Bonchev–Trinajstić information content (AvgIpc) is 2.67. The summed E-state index contributed by atoms with van der Waals surface area (Å²) >= 11 is 0. The highest BCUT2D eigenvalue weighted by Gasteiger charge is 2.22. The van der Waals surface area contributed by atoms with Crippen molar-refractivity contribution in [2.24, 2.45) is 0 Å². The number of carbonyl (C=O) groups excluding carboxylic acids is 1. The van der Waals surface area contributed by atoms with Gasteiger partial charge in [0.15, 0.2) is 0 Å². The van der Waals surface area contributed by atoms with Crippen molar-refractivity contribution in [2.45, 2.75) is 44.7 Å². The molecule has 0 saturated carbocycles. The van der Waals surface area contributed by atoms with Gasteiger partial charge in [0.05, 0.1) is 6.42 Å². The summed E-state index contributed by atoms with van der Waals surface area (Å²) in [6.07, 6.45) is 4.35. The van der Waals surface area contributed by atoms with Gasteiger partial charge >= 0.3 is 0 Å². The first kappa shape index (κ1) is 19.1. The first-order valence-electron chi connectivity index (χ1n) is 9.47. The molecule has 0 radical (unpaired) electrons. The van der Waals surface area contributed by atoms with Crippen molar-refractivity contribution in [1.29, 1.82) is 0 Å². The van der Waals surface area contributed by atoms with Crippen molar-refractivity contribution in [3.05, 3.63) is 68.2 Å². The summed E-state index contributed by atoms with van der Waals surface area (Å²) in [6, 6.07) is 12.1. The van der Waals surface area contributed by atoms with Crippen LogP contribution in [0.5, 0.6) is 0 Å². The van der Waals surface area contributed by atoms with Crippen LogP contribution >= 0.6 is 0 Å². The van der Waals surface area contributed by atoms with Crippen LogP contribution in [0.2, 0.25) is 0 Å². The van der Waals surface area contributed by atoms with E-state index < -0.39 is 11.1 Å². The molecule has 1 aromatic carbocycles. The van der Waals surface area contributed by atoms with E-state index in [2.05, 4.69) is 44.7 Å². The van der Waals surface area contributed by atoms with Gasteiger partial charge in [-0.1, -0.05) is 36.8 Å². The molecule has 1 fully saturated rings. The van der Waals surface area contributed by atoms with Gasteiger partial charge in [0.2, 0.25) is 5.91 Å². The van der Waals surface area contributed by atoms with E-state index >= 15 is 0 Å². The summed E-state index contributed by atoms with van der Waals surface area (Å²) in [5.41, 5.74) is 0.629. The summed E-state index contributed by atoms with van der Waals surface area (Å²) in [7, 11) is 0. The van der Waals surface area contributed by atoms with E-state index in [0.29, 0.717) is 12.6 Å². The molecule has 144 valence electrons. The lowest BCUT2D eigenvalue weighted by Gasteiger charge is -2.36. The molecule has 7 heteroatoms. The van der Waals surface area contributed by atoms with Crippen LogP contribution in [0.4, 0.5) is 0 Å². The summed E-state index contributed by atoms with van der Waals surface area (Å²) in [5, 5.41) is 7.30. The van der Waals surface area contributed by atoms with Crippen LogP contribution in [0, 0.1) is 0 Å². The minimum Gasteiger partial charge on any atom is -0.356 e. The molecule has 27 heavy (non-hydrogen) atoms. The number of carbonyl (C=O) groups is 1. The Morgan fingerprint density at radius 3 is 2.78 bits per heavy atom. The Labute approximate surface area is 157 Å².